The fourth-order valence-corrected chi connectivity index (χ4v) is 6.54. The number of sulfonamides is 1. The fourth-order valence-electron chi connectivity index (χ4n) is 4.39. The summed E-state index contributed by atoms with van der Waals surface area (Å²) in [5.41, 5.74) is 2.01. The minimum absolute atomic E-state index is 0.0754. The molecule has 6 nitrogen and oxygen atoms in total. The first-order chi connectivity index (χ1) is 18.5. The molecular formula is C28H31F3N2O4S2. The van der Waals surface area contributed by atoms with E-state index in [0.717, 1.165) is 39.2 Å². The molecule has 0 aliphatic heterocycles. The third kappa shape index (κ3) is 7.91. The van der Waals surface area contributed by atoms with Crippen molar-refractivity contribution in [2.75, 3.05) is 12.3 Å². The van der Waals surface area contributed by atoms with Crippen LogP contribution in [-0.4, -0.2) is 40.3 Å². The first-order valence-electron chi connectivity index (χ1n) is 12.4. The van der Waals surface area contributed by atoms with Crippen LogP contribution in [0.15, 0.2) is 71.9 Å². The Labute approximate surface area is 231 Å². The van der Waals surface area contributed by atoms with Crippen LogP contribution >= 0.6 is 12.0 Å². The average Bonchev–Trinajstić information content (AvgIpc) is 2.90. The van der Waals surface area contributed by atoms with Gasteiger partial charge in [0.15, 0.2) is 0 Å². The molecule has 0 saturated carbocycles. The summed E-state index contributed by atoms with van der Waals surface area (Å²) < 4.78 is 78.9. The number of hydrogen-bond acceptors (Lipinski definition) is 6. The minimum Gasteiger partial charge on any atom is -0.330 e. The van der Waals surface area contributed by atoms with E-state index < -0.39 is 32.7 Å². The summed E-state index contributed by atoms with van der Waals surface area (Å²) in [6, 6.07) is 12.4. The van der Waals surface area contributed by atoms with Gasteiger partial charge in [0.05, 0.1) is 10.5 Å². The first kappa shape index (κ1) is 30.8. The predicted octanol–water partition coefficient (Wildman–Crippen LogP) is 7.16. The molecule has 0 radical (unpaired) electrons. The summed E-state index contributed by atoms with van der Waals surface area (Å²) in [5.74, 6) is 0.310. The van der Waals surface area contributed by atoms with Gasteiger partial charge in [0.1, 0.15) is 5.78 Å². The van der Waals surface area contributed by atoms with E-state index in [9.17, 15) is 26.4 Å². The molecule has 0 amide bonds. The number of rotatable bonds is 13. The molecule has 1 heterocycles. The number of hydrogen-bond donors (Lipinski definition) is 1. The van der Waals surface area contributed by atoms with Gasteiger partial charge in [-0.15, -0.1) is 0 Å². The van der Waals surface area contributed by atoms with Crippen LogP contribution in [0.2, 0.25) is 0 Å². The van der Waals surface area contributed by atoms with E-state index >= 15 is 0 Å². The molecule has 0 spiro atoms. The number of carbonyl (C=O) groups is 1. The number of pyridine rings is 1. The van der Waals surface area contributed by atoms with Crippen molar-refractivity contribution in [3.63, 3.8) is 0 Å². The molecule has 3 rings (SSSR count). The molecule has 2 aromatic carbocycles. The van der Waals surface area contributed by atoms with Crippen molar-refractivity contribution in [3.8, 4) is 11.1 Å². The maximum atomic E-state index is 13.8. The first-order valence-corrected chi connectivity index (χ1v) is 14.8. The van der Waals surface area contributed by atoms with Crippen molar-refractivity contribution in [2.24, 2.45) is 0 Å². The second kappa shape index (κ2) is 13.6. The van der Waals surface area contributed by atoms with Crippen LogP contribution in [-0.2, 0) is 21.0 Å². The minimum atomic E-state index is -4.86. The zero-order valence-corrected chi connectivity index (χ0v) is 23.3. The van der Waals surface area contributed by atoms with Crippen LogP contribution in [0.5, 0.6) is 0 Å². The lowest BCUT2D eigenvalue weighted by Gasteiger charge is -2.30. The largest absolute Gasteiger partial charge is 0.417 e. The molecule has 3 aromatic rings. The summed E-state index contributed by atoms with van der Waals surface area (Å²) in [5, 5.41) is 0. The highest BCUT2D eigenvalue weighted by Gasteiger charge is 2.40. The summed E-state index contributed by atoms with van der Waals surface area (Å²) in [6.45, 7) is 3.39. The molecule has 39 heavy (non-hydrogen) atoms. The van der Waals surface area contributed by atoms with Gasteiger partial charge in [-0.2, -0.15) is 17.5 Å². The number of alkyl halides is 3. The van der Waals surface area contributed by atoms with Crippen LogP contribution in [0, 0.1) is 6.92 Å². The lowest BCUT2D eigenvalue weighted by Crippen LogP contribution is -2.36. The molecule has 1 aromatic heterocycles. The molecule has 210 valence electrons. The van der Waals surface area contributed by atoms with Crippen molar-refractivity contribution < 1.29 is 30.9 Å². The number of carbonyl (C=O) groups excluding carboxylic acids is 1. The Morgan fingerprint density at radius 2 is 1.79 bits per heavy atom. The van der Waals surface area contributed by atoms with Crippen molar-refractivity contribution in [1.29, 1.82) is 0 Å². The van der Waals surface area contributed by atoms with Crippen LogP contribution in [0.25, 0.3) is 11.1 Å². The zero-order chi connectivity index (χ0) is 28.6. The van der Waals surface area contributed by atoms with E-state index in [1.807, 2.05) is 25.1 Å². The van der Waals surface area contributed by atoms with Gasteiger partial charge in [-0.25, -0.2) is 8.42 Å². The summed E-state index contributed by atoms with van der Waals surface area (Å²) in [4.78, 5) is 15.5. The molecule has 0 aliphatic rings. The molecule has 0 saturated heterocycles. The van der Waals surface area contributed by atoms with E-state index in [2.05, 4.69) is 4.98 Å². The van der Waals surface area contributed by atoms with E-state index in [4.69, 9.17) is 4.55 Å². The lowest BCUT2D eigenvalue weighted by molar-refractivity contribution is -0.140. The Kier molecular flexibility index (Phi) is 10.7. The van der Waals surface area contributed by atoms with E-state index in [0.29, 0.717) is 29.8 Å². The monoisotopic (exact) mass is 580 g/mol. The summed E-state index contributed by atoms with van der Waals surface area (Å²) in [7, 11) is -4.61. The smallest absolute Gasteiger partial charge is 0.330 e. The van der Waals surface area contributed by atoms with Crippen LogP contribution in [0.4, 0.5) is 13.2 Å². The standard InChI is InChI=1S/C28H31F3N2O4S2/c1-20-19-32-15-14-25(20)23-9-5-8-22(18-23)21(2)33(16-6-10-24(34)11-7-17-38-35)39(36,37)27-13-4-3-12-26(27)28(29,30)31/h3-5,8-9,12-15,18-19,21,35H,6-7,10-11,16-17H2,1-2H3. The maximum absolute atomic E-state index is 13.8. The predicted molar refractivity (Wildman–Crippen MR) is 147 cm³/mol. The van der Waals surface area contributed by atoms with Gasteiger partial charge < -0.3 is 4.55 Å². The van der Waals surface area contributed by atoms with Crippen LogP contribution < -0.4 is 0 Å². The lowest BCUT2D eigenvalue weighted by atomic mass is 9.98. The SMILES string of the molecule is Cc1cnccc1-c1cccc(C(C)N(CCCC(=O)CCCSO)S(=O)(=O)c2ccccc2C(F)(F)F)c1. The average molecular weight is 581 g/mol. The van der Waals surface area contributed by atoms with Gasteiger partial charge in [0.2, 0.25) is 10.0 Å². The highest BCUT2D eigenvalue weighted by molar-refractivity contribution is 7.93. The number of aryl methyl sites for hydroxylation is 1. The van der Waals surface area contributed by atoms with Gasteiger partial charge in [-0.05, 0) is 85.3 Å². The second-order valence-electron chi connectivity index (χ2n) is 9.18. The van der Waals surface area contributed by atoms with Gasteiger partial charge >= 0.3 is 6.18 Å². The Morgan fingerprint density at radius 1 is 1.08 bits per heavy atom. The van der Waals surface area contributed by atoms with E-state index in [1.54, 1.807) is 31.5 Å². The van der Waals surface area contributed by atoms with Gasteiger partial charge in [-0.1, -0.05) is 30.3 Å². The van der Waals surface area contributed by atoms with Crippen molar-refractivity contribution in [1.82, 2.24) is 9.29 Å². The second-order valence-corrected chi connectivity index (χ2v) is 11.7. The summed E-state index contributed by atoms with van der Waals surface area (Å²) in [6.07, 6.45) is -0.555. The zero-order valence-electron chi connectivity index (χ0n) is 21.7. The van der Waals surface area contributed by atoms with E-state index in [1.165, 1.54) is 6.07 Å². The quantitative estimate of drug-likeness (QED) is 0.170. The van der Waals surface area contributed by atoms with Gasteiger partial charge in [0.25, 0.3) is 0 Å². The van der Waals surface area contributed by atoms with Gasteiger partial charge in [0, 0.05) is 43.6 Å². The molecule has 1 atom stereocenters. The number of nitrogens with zero attached hydrogens (tertiary/aromatic N) is 2. The number of aromatic nitrogens is 1. The number of Topliss-reactive ketones (excluding diaryl/α,β-unsaturated/α-hetero) is 1. The molecule has 1 unspecified atom stereocenters. The Hall–Kier alpha value is -2.73. The Morgan fingerprint density at radius 3 is 2.49 bits per heavy atom. The summed E-state index contributed by atoms with van der Waals surface area (Å²) >= 11 is 0.643. The topological polar surface area (TPSA) is 87.6 Å². The molecule has 1 N–H and O–H groups in total. The highest BCUT2D eigenvalue weighted by Crippen LogP contribution is 2.38. The fraction of sp³-hybridized carbons (Fsp3) is 0.357. The maximum Gasteiger partial charge on any atom is 0.417 e. The Balaban J connectivity index is 1.98. The molecular weight excluding hydrogens is 549 g/mol. The van der Waals surface area contributed by atoms with Crippen LogP contribution in [0.3, 0.4) is 0 Å². The highest BCUT2D eigenvalue weighted by atomic mass is 32.2. The third-order valence-electron chi connectivity index (χ3n) is 6.44. The molecule has 11 heteroatoms. The third-order valence-corrected chi connectivity index (χ3v) is 8.94. The van der Waals surface area contributed by atoms with Crippen molar-refractivity contribution in [3.05, 3.63) is 83.7 Å². The van der Waals surface area contributed by atoms with E-state index in [-0.39, 0.29) is 31.6 Å². The number of benzene rings is 2. The van der Waals surface area contributed by atoms with Crippen molar-refractivity contribution in [2.45, 2.75) is 56.6 Å². The number of ketones is 1. The normalized spacial score (nSPS) is 13.0. The number of halogens is 3. The molecule has 0 bridgehead atoms. The molecule has 0 aliphatic carbocycles. The van der Waals surface area contributed by atoms with Crippen molar-refractivity contribution >= 4 is 27.8 Å². The molecule has 0 fully saturated rings. The Bertz CT molecular complexity index is 1380. The van der Waals surface area contributed by atoms with Crippen LogP contribution in [0.1, 0.15) is 55.3 Å². The van der Waals surface area contributed by atoms with Gasteiger partial charge in [-0.3, -0.25) is 9.78 Å².